The standard InChI is InChI=1S/C10H19F2NS/c1-2-10(11,12)8-3-5-9(6-4-8)14-7-13/h8-9H,2-7,13H2,1H3. The van der Waals surface area contributed by atoms with Gasteiger partial charge >= 0.3 is 0 Å². The third-order valence-electron chi connectivity index (χ3n) is 3.07. The summed E-state index contributed by atoms with van der Waals surface area (Å²) in [5.74, 6) is -2.22. The van der Waals surface area contributed by atoms with E-state index in [0.717, 1.165) is 12.8 Å². The zero-order chi connectivity index (χ0) is 10.6. The van der Waals surface area contributed by atoms with E-state index in [4.69, 9.17) is 5.73 Å². The highest BCUT2D eigenvalue weighted by atomic mass is 32.2. The molecule has 0 heterocycles. The quantitative estimate of drug-likeness (QED) is 0.740. The van der Waals surface area contributed by atoms with Crippen LogP contribution < -0.4 is 5.73 Å². The average molecular weight is 223 g/mol. The predicted molar refractivity (Wildman–Crippen MR) is 57.6 cm³/mol. The molecular formula is C10H19F2NS. The topological polar surface area (TPSA) is 26.0 Å². The minimum Gasteiger partial charge on any atom is -0.322 e. The molecule has 1 aliphatic rings. The molecule has 0 bridgehead atoms. The molecule has 14 heavy (non-hydrogen) atoms. The zero-order valence-electron chi connectivity index (χ0n) is 8.64. The molecule has 0 saturated heterocycles. The van der Waals surface area contributed by atoms with Gasteiger partial charge in [0.15, 0.2) is 0 Å². The van der Waals surface area contributed by atoms with Gasteiger partial charge in [-0.15, -0.1) is 11.8 Å². The Hall–Kier alpha value is 0.170. The van der Waals surface area contributed by atoms with Gasteiger partial charge < -0.3 is 5.73 Å². The molecule has 0 unspecified atom stereocenters. The van der Waals surface area contributed by atoms with E-state index >= 15 is 0 Å². The molecule has 4 heteroatoms. The summed E-state index contributed by atoms with van der Waals surface area (Å²) in [6.07, 6.45) is 3.12. The molecule has 0 amide bonds. The van der Waals surface area contributed by atoms with Crippen molar-refractivity contribution in [3.05, 3.63) is 0 Å². The monoisotopic (exact) mass is 223 g/mol. The minimum absolute atomic E-state index is 0.0215. The fourth-order valence-corrected chi connectivity index (χ4v) is 2.95. The van der Waals surface area contributed by atoms with Crippen LogP contribution in [0.5, 0.6) is 0 Å². The normalized spacial score (nSPS) is 29.1. The number of nitrogens with two attached hydrogens (primary N) is 1. The molecule has 0 spiro atoms. The first-order chi connectivity index (χ1) is 6.60. The lowest BCUT2D eigenvalue weighted by molar-refractivity contribution is -0.0728. The molecular weight excluding hydrogens is 204 g/mol. The van der Waals surface area contributed by atoms with Gasteiger partial charge in [0.25, 0.3) is 5.92 Å². The van der Waals surface area contributed by atoms with E-state index in [2.05, 4.69) is 0 Å². The number of halogens is 2. The first-order valence-corrected chi connectivity index (χ1v) is 6.34. The molecule has 0 atom stereocenters. The van der Waals surface area contributed by atoms with Crippen molar-refractivity contribution in [1.82, 2.24) is 0 Å². The van der Waals surface area contributed by atoms with Gasteiger partial charge in [0.2, 0.25) is 0 Å². The van der Waals surface area contributed by atoms with Gasteiger partial charge in [-0.05, 0) is 25.7 Å². The number of hydrogen-bond acceptors (Lipinski definition) is 2. The Labute approximate surface area is 88.8 Å². The van der Waals surface area contributed by atoms with Crippen molar-refractivity contribution >= 4 is 11.8 Å². The van der Waals surface area contributed by atoms with Gasteiger partial charge in [-0.1, -0.05) is 6.92 Å². The van der Waals surface area contributed by atoms with Crippen LogP contribution in [0.4, 0.5) is 8.78 Å². The Morgan fingerprint density at radius 1 is 1.29 bits per heavy atom. The van der Waals surface area contributed by atoms with Gasteiger partial charge in [-0.3, -0.25) is 0 Å². The molecule has 1 rings (SSSR count). The second-order valence-electron chi connectivity index (χ2n) is 3.92. The van der Waals surface area contributed by atoms with Crippen molar-refractivity contribution in [3.8, 4) is 0 Å². The summed E-state index contributed by atoms with van der Waals surface area (Å²) in [5, 5.41) is 0.518. The maximum Gasteiger partial charge on any atom is 0.250 e. The van der Waals surface area contributed by atoms with Crippen molar-refractivity contribution in [2.45, 2.75) is 50.2 Å². The van der Waals surface area contributed by atoms with Crippen molar-refractivity contribution < 1.29 is 8.78 Å². The molecule has 0 aromatic carbocycles. The molecule has 0 aromatic rings. The Kier molecular flexibility index (Phi) is 4.64. The van der Waals surface area contributed by atoms with Crippen LogP contribution in [0, 0.1) is 5.92 Å². The number of rotatable bonds is 4. The van der Waals surface area contributed by atoms with Crippen molar-refractivity contribution in [3.63, 3.8) is 0 Å². The van der Waals surface area contributed by atoms with Crippen LogP contribution in [0.25, 0.3) is 0 Å². The van der Waals surface area contributed by atoms with E-state index < -0.39 is 5.92 Å². The van der Waals surface area contributed by atoms with Crippen LogP contribution in [0.15, 0.2) is 0 Å². The fourth-order valence-electron chi connectivity index (χ4n) is 2.08. The summed E-state index contributed by atoms with van der Waals surface area (Å²) < 4.78 is 26.6. The molecule has 0 aliphatic heterocycles. The van der Waals surface area contributed by atoms with E-state index in [1.54, 1.807) is 18.7 Å². The number of thioether (sulfide) groups is 1. The SMILES string of the molecule is CCC(F)(F)C1CCC(SCN)CC1. The molecule has 1 fully saturated rings. The highest BCUT2D eigenvalue weighted by Gasteiger charge is 2.39. The summed E-state index contributed by atoms with van der Waals surface area (Å²) in [5.41, 5.74) is 5.42. The lowest BCUT2D eigenvalue weighted by atomic mass is 9.83. The highest BCUT2D eigenvalue weighted by molar-refractivity contribution is 7.99. The van der Waals surface area contributed by atoms with Crippen LogP contribution in [0.3, 0.4) is 0 Å². The third-order valence-corrected chi connectivity index (χ3v) is 4.21. The lowest BCUT2D eigenvalue weighted by Crippen LogP contribution is -2.32. The fraction of sp³-hybridized carbons (Fsp3) is 1.00. The molecule has 0 radical (unpaired) electrons. The first kappa shape index (κ1) is 12.2. The van der Waals surface area contributed by atoms with Crippen LogP contribution in [-0.4, -0.2) is 17.0 Å². The van der Waals surface area contributed by atoms with Crippen molar-refractivity contribution in [1.29, 1.82) is 0 Å². The predicted octanol–water partition coefficient (Wildman–Crippen LogP) is 3.24. The van der Waals surface area contributed by atoms with E-state index in [1.165, 1.54) is 0 Å². The van der Waals surface area contributed by atoms with Crippen LogP contribution in [0.2, 0.25) is 0 Å². The summed E-state index contributed by atoms with van der Waals surface area (Å²) in [7, 11) is 0. The molecule has 1 saturated carbocycles. The number of alkyl halides is 2. The summed E-state index contributed by atoms with van der Waals surface area (Å²) in [4.78, 5) is 0. The lowest BCUT2D eigenvalue weighted by Gasteiger charge is -2.32. The highest BCUT2D eigenvalue weighted by Crippen LogP contribution is 2.41. The van der Waals surface area contributed by atoms with Gasteiger partial charge in [-0.2, -0.15) is 0 Å². The summed E-state index contributed by atoms with van der Waals surface area (Å²) in [6, 6.07) is 0. The van der Waals surface area contributed by atoms with Crippen LogP contribution >= 0.6 is 11.8 Å². The van der Waals surface area contributed by atoms with Crippen LogP contribution in [0.1, 0.15) is 39.0 Å². The van der Waals surface area contributed by atoms with E-state index in [9.17, 15) is 8.78 Å². The van der Waals surface area contributed by atoms with E-state index in [-0.39, 0.29) is 12.3 Å². The molecule has 2 N–H and O–H groups in total. The van der Waals surface area contributed by atoms with Crippen molar-refractivity contribution in [2.24, 2.45) is 11.7 Å². The van der Waals surface area contributed by atoms with Gasteiger partial charge in [0, 0.05) is 23.5 Å². The van der Waals surface area contributed by atoms with E-state index in [0.29, 0.717) is 24.0 Å². The average Bonchev–Trinajstić information content (AvgIpc) is 2.19. The maximum absolute atomic E-state index is 13.3. The Balaban J connectivity index is 2.35. The molecule has 1 aliphatic carbocycles. The summed E-state index contributed by atoms with van der Waals surface area (Å²) >= 11 is 1.71. The molecule has 1 nitrogen and oxygen atoms in total. The zero-order valence-corrected chi connectivity index (χ0v) is 9.46. The Morgan fingerprint density at radius 2 is 1.86 bits per heavy atom. The maximum atomic E-state index is 13.3. The summed E-state index contributed by atoms with van der Waals surface area (Å²) in [6.45, 7) is 1.57. The van der Waals surface area contributed by atoms with Crippen LogP contribution in [-0.2, 0) is 0 Å². The second kappa shape index (κ2) is 5.31. The van der Waals surface area contributed by atoms with Crippen molar-refractivity contribution in [2.75, 3.05) is 5.88 Å². The molecule has 0 aromatic heterocycles. The van der Waals surface area contributed by atoms with Gasteiger partial charge in [0.1, 0.15) is 0 Å². The first-order valence-electron chi connectivity index (χ1n) is 5.29. The minimum atomic E-state index is -2.45. The van der Waals surface area contributed by atoms with Gasteiger partial charge in [-0.25, -0.2) is 8.78 Å². The third kappa shape index (κ3) is 3.09. The smallest absolute Gasteiger partial charge is 0.250 e. The number of hydrogen-bond donors (Lipinski definition) is 1. The van der Waals surface area contributed by atoms with E-state index in [1.807, 2.05) is 0 Å². The molecule has 84 valence electrons. The van der Waals surface area contributed by atoms with Gasteiger partial charge in [0.05, 0.1) is 0 Å². The second-order valence-corrected chi connectivity index (χ2v) is 5.25. The Bertz CT molecular complexity index is 168. The Morgan fingerprint density at radius 3 is 2.29 bits per heavy atom. The largest absolute Gasteiger partial charge is 0.322 e.